The molecule has 0 saturated carbocycles. The molecule has 0 aliphatic carbocycles. The van der Waals surface area contributed by atoms with Crippen LogP contribution in [0.3, 0.4) is 0 Å². The van der Waals surface area contributed by atoms with Gasteiger partial charge in [0.25, 0.3) is 0 Å². The van der Waals surface area contributed by atoms with Gasteiger partial charge in [-0.1, -0.05) is 20.3 Å². The van der Waals surface area contributed by atoms with E-state index in [-0.39, 0.29) is 5.54 Å². The van der Waals surface area contributed by atoms with Crippen LogP contribution in [0.2, 0.25) is 0 Å². The van der Waals surface area contributed by atoms with Crippen molar-refractivity contribution in [2.75, 3.05) is 32.8 Å². The zero-order chi connectivity index (χ0) is 14.2. The number of hydrogen-bond donors (Lipinski definition) is 0. The Labute approximate surface area is 124 Å². The Morgan fingerprint density at radius 2 is 2.00 bits per heavy atom. The normalized spacial score (nSPS) is 40.8. The van der Waals surface area contributed by atoms with Crippen LogP contribution in [0.5, 0.6) is 0 Å². The van der Waals surface area contributed by atoms with Gasteiger partial charge < -0.3 is 4.74 Å². The Kier molecular flexibility index (Phi) is 4.40. The topological polar surface area (TPSA) is 15.7 Å². The highest BCUT2D eigenvalue weighted by molar-refractivity contribution is 5.00. The lowest BCUT2D eigenvalue weighted by Gasteiger charge is -2.56. The van der Waals surface area contributed by atoms with Gasteiger partial charge in [-0.3, -0.25) is 9.80 Å². The molecule has 20 heavy (non-hydrogen) atoms. The van der Waals surface area contributed by atoms with E-state index in [1.165, 1.54) is 51.7 Å². The van der Waals surface area contributed by atoms with Gasteiger partial charge in [-0.15, -0.1) is 0 Å². The van der Waals surface area contributed by atoms with Crippen LogP contribution in [0.1, 0.15) is 52.9 Å². The lowest BCUT2D eigenvalue weighted by molar-refractivity contribution is -0.109. The molecule has 3 heteroatoms. The second kappa shape index (κ2) is 5.94. The number of nitrogens with zero attached hydrogens (tertiary/aromatic N) is 2. The molecule has 0 N–H and O–H groups in total. The molecule has 3 aliphatic heterocycles. The zero-order valence-electron chi connectivity index (χ0n) is 13.6. The van der Waals surface area contributed by atoms with E-state index in [4.69, 9.17) is 4.74 Å². The molecule has 0 spiro atoms. The third kappa shape index (κ3) is 2.77. The average Bonchev–Trinajstić information content (AvgIpc) is 2.46. The molecule has 0 bridgehead atoms. The zero-order valence-corrected chi connectivity index (χ0v) is 13.6. The van der Waals surface area contributed by atoms with Crippen molar-refractivity contribution in [3.8, 4) is 0 Å². The lowest BCUT2D eigenvalue weighted by Crippen LogP contribution is -2.68. The Hall–Kier alpha value is -0.120. The Morgan fingerprint density at radius 1 is 1.15 bits per heavy atom. The minimum absolute atomic E-state index is 0.275. The monoisotopic (exact) mass is 280 g/mol. The van der Waals surface area contributed by atoms with Crippen LogP contribution in [0.15, 0.2) is 0 Å². The molecule has 0 aromatic heterocycles. The van der Waals surface area contributed by atoms with Crippen LogP contribution < -0.4 is 0 Å². The van der Waals surface area contributed by atoms with E-state index in [2.05, 4.69) is 30.6 Å². The first-order chi connectivity index (χ1) is 9.60. The van der Waals surface area contributed by atoms with Crippen LogP contribution in [0.25, 0.3) is 0 Å². The summed E-state index contributed by atoms with van der Waals surface area (Å²) in [5, 5.41) is 0. The Morgan fingerprint density at radius 3 is 2.70 bits per heavy atom. The molecule has 0 aromatic rings. The molecule has 3 nitrogen and oxygen atoms in total. The summed E-state index contributed by atoms with van der Waals surface area (Å²) in [6.45, 7) is 13.0. The van der Waals surface area contributed by atoms with Crippen molar-refractivity contribution in [3.05, 3.63) is 0 Å². The number of ether oxygens (including phenoxy) is 1. The van der Waals surface area contributed by atoms with Crippen molar-refractivity contribution in [2.45, 2.75) is 70.5 Å². The van der Waals surface area contributed by atoms with Gasteiger partial charge in [-0.05, 0) is 45.1 Å². The van der Waals surface area contributed by atoms with Crippen LogP contribution in [0.4, 0.5) is 0 Å². The standard InChI is InChI=1S/C17H32N2O/c1-14(2)16-12-18-9-5-4-7-15(18)11-19(16)17(3)8-6-10-20-13-17/h14-16H,4-13H2,1-3H3. The third-order valence-electron chi connectivity index (χ3n) is 5.86. The molecule has 3 heterocycles. The summed E-state index contributed by atoms with van der Waals surface area (Å²) in [4.78, 5) is 5.61. The van der Waals surface area contributed by atoms with Crippen LogP contribution in [-0.2, 0) is 4.74 Å². The molecule has 0 aromatic carbocycles. The largest absolute Gasteiger partial charge is 0.380 e. The molecule has 3 unspecified atom stereocenters. The Bertz CT molecular complexity index is 325. The molecular formula is C17H32N2O. The predicted octanol–water partition coefficient (Wildman–Crippen LogP) is 2.75. The molecule has 3 rings (SSSR count). The molecule has 3 aliphatic rings. The summed E-state index contributed by atoms with van der Waals surface area (Å²) in [7, 11) is 0. The fourth-order valence-corrected chi connectivity index (χ4v) is 4.55. The number of piperidine rings is 1. The summed E-state index contributed by atoms with van der Waals surface area (Å²) in [6, 6.07) is 1.51. The maximum absolute atomic E-state index is 5.85. The van der Waals surface area contributed by atoms with Crippen molar-refractivity contribution < 1.29 is 4.74 Å². The van der Waals surface area contributed by atoms with Crippen LogP contribution in [-0.4, -0.2) is 60.3 Å². The fraction of sp³-hybridized carbons (Fsp3) is 1.00. The third-order valence-corrected chi connectivity index (χ3v) is 5.86. The lowest BCUT2D eigenvalue weighted by atomic mass is 9.84. The van der Waals surface area contributed by atoms with E-state index in [0.29, 0.717) is 6.04 Å². The fourth-order valence-electron chi connectivity index (χ4n) is 4.55. The summed E-state index contributed by atoms with van der Waals surface area (Å²) in [6.07, 6.45) is 6.77. The minimum atomic E-state index is 0.275. The number of fused-ring (bicyclic) bond motifs is 1. The van der Waals surface area contributed by atoms with Gasteiger partial charge in [-0.2, -0.15) is 0 Å². The van der Waals surface area contributed by atoms with Crippen LogP contribution >= 0.6 is 0 Å². The van der Waals surface area contributed by atoms with Crippen molar-refractivity contribution in [1.29, 1.82) is 0 Å². The van der Waals surface area contributed by atoms with Gasteiger partial charge in [0, 0.05) is 37.3 Å². The van der Waals surface area contributed by atoms with E-state index in [0.717, 1.165) is 25.2 Å². The number of rotatable bonds is 2. The van der Waals surface area contributed by atoms with Gasteiger partial charge in [0.05, 0.1) is 6.61 Å². The summed E-state index contributed by atoms with van der Waals surface area (Å²) in [5.41, 5.74) is 0.275. The number of piperazine rings is 1. The molecule has 3 atom stereocenters. The van der Waals surface area contributed by atoms with Gasteiger partial charge in [0.1, 0.15) is 0 Å². The van der Waals surface area contributed by atoms with E-state index >= 15 is 0 Å². The van der Waals surface area contributed by atoms with Crippen molar-refractivity contribution in [2.24, 2.45) is 5.92 Å². The smallest absolute Gasteiger partial charge is 0.0647 e. The molecule has 3 fully saturated rings. The van der Waals surface area contributed by atoms with E-state index in [1.54, 1.807) is 0 Å². The highest BCUT2D eigenvalue weighted by Gasteiger charge is 2.44. The highest BCUT2D eigenvalue weighted by Crippen LogP contribution is 2.35. The molecule has 3 saturated heterocycles. The second-order valence-electron chi connectivity index (χ2n) is 7.76. The maximum atomic E-state index is 5.85. The summed E-state index contributed by atoms with van der Waals surface area (Å²) in [5.74, 6) is 0.733. The van der Waals surface area contributed by atoms with Crippen LogP contribution in [0, 0.1) is 5.92 Å². The first kappa shape index (κ1) is 14.8. The van der Waals surface area contributed by atoms with Crippen molar-refractivity contribution in [1.82, 2.24) is 9.80 Å². The minimum Gasteiger partial charge on any atom is -0.380 e. The predicted molar refractivity (Wildman–Crippen MR) is 83.0 cm³/mol. The summed E-state index contributed by atoms with van der Waals surface area (Å²) < 4.78 is 5.85. The van der Waals surface area contributed by atoms with E-state index in [9.17, 15) is 0 Å². The molecular weight excluding hydrogens is 248 g/mol. The summed E-state index contributed by atoms with van der Waals surface area (Å²) >= 11 is 0. The average molecular weight is 280 g/mol. The second-order valence-corrected chi connectivity index (χ2v) is 7.76. The van der Waals surface area contributed by atoms with Gasteiger partial charge in [-0.25, -0.2) is 0 Å². The first-order valence-corrected chi connectivity index (χ1v) is 8.69. The van der Waals surface area contributed by atoms with Gasteiger partial charge in [0.2, 0.25) is 0 Å². The van der Waals surface area contributed by atoms with Crippen molar-refractivity contribution >= 4 is 0 Å². The molecule has 116 valence electrons. The Balaban J connectivity index is 1.78. The molecule has 0 radical (unpaired) electrons. The first-order valence-electron chi connectivity index (χ1n) is 8.69. The van der Waals surface area contributed by atoms with Gasteiger partial charge >= 0.3 is 0 Å². The quantitative estimate of drug-likeness (QED) is 0.773. The van der Waals surface area contributed by atoms with E-state index in [1.807, 2.05) is 0 Å². The molecule has 0 amide bonds. The highest BCUT2D eigenvalue weighted by atomic mass is 16.5. The van der Waals surface area contributed by atoms with Gasteiger partial charge in [0.15, 0.2) is 0 Å². The maximum Gasteiger partial charge on any atom is 0.0647 e. The number of hydrogen-bond acceptors (Lipinski definition) is 3. The van der Waals surface area contributed by atoms with E-state index < -0.39 is 0 Å². The SMILES string of the molecule is CC(C)C1CN2CCCCC2CN1C1(C)CCCOC1. The van der Waals surface area contributed by atoms with Crippen molar-refractivity contribution in [3.63, 3.8) is 0 Å².